The number of aromatic nitrogens is 2. The summed E-state index contributed by atoms with van der Waals surface area (Å²) in [7, 11) is 0. The van der Waals surface area contributed by atoms with Crippen molar-refractivity contribution in [2.45, 2.75) is 24.5 Å². The van der Waals surface area contributed by atoms with Gasteiger partial charge in [0.1, 0.15) is 6.26 Å². The number of carbonyl (C=O) groups is 1. The molecule has 0 saturated carbocycles. The molecule has 2 bridgehead atoms. The van der Waals surface area contributed by atoms with Crippen LogP contribution in [0.3, 0.4) is 0 Å². The minimum atomic E-state index is -0.102. The average molecular weight is 340 g/mol. The highest BCUT2D eigenvalue weighted by molar-refractivity contribution is 5.93. The molecular formula is C18H20N4O3. The van der Waals surface area contributed by atoms with Gasteiger partial charge in [-0.3, -0.25) is 4.79 Å². The summed E-state index contributed by atoms with van der Waals surface area (Å²) in [6.07, 6.45) is 8.92. The molecule has 1 spiro atoms. The number of hydrogen-bond acceptors (Lipinski definition) is 6. The molecule has 0 unspecified atom stereocenters. The fourth-order valence-corrected chi connectivity index (χ4v) is 4.78. The average Bonchev–Trinajstić information content (AvgIpc) is 3.40. The van der Waals surface area contributed by atoms with E-state index in [4.69, 9.17) is 9.15 Å². The number of hydrogen-bond donors (Lipinski definition) is 1. The van der Waals surface area contributed by atoms with Crippen molar-refractivity contribution in [3.05, 3.63) is 42.6 Å². The molecular weight excluding hydrogens is 320 g/mol. The molecule has 3 fully saturated rings. The van der Waals surface area contributed by atoms with Crippen LogP contribution in [0.5, 0.6) is 0 Å². The number of nitrogens with one attached hydrogen (secondary N) is 1. The first-order chi connectivity index (χ1) is 12.3. The monoisotopic (exact) mass is 340 g/mol. The number of nitrogens with zero attached hydrogens (tertiary/aromatic N) is 3. The lowest BCUT2D eigenvalue weighted by molar-refractivity contribution is 0.0141. The number of furan rings is 1. The Labute approximate surface area is 145 Å². The molecule has 5 rings (SSSR count). The van der Waals surface area contributed by atoms with Crippen molar-refractivity contribution < 1.29 is 13.9 Å². The van der Waals surface area contributed by atoms with E-state index < -0.39 is 0 Å². The Morgan fingerprint density at radius 3 is 3.08 bits per heavy atom. The molecule has 5 heterocycles. The number of ether oxygens (including phenoxy) is 1. The van der Waals surface area contributed by atoms with Gasteiger partial charge in [-0.1, -0.05) is 0 Å². The Morgan fingerprint density at radius 1 is 1.40 bits per heavy atom. The lowest BCUT2D eigenvalue weighted by atomic mass is 9.73. The summed E-state index contributed by atoms with van der Waals surface area (Å²) < 4.78 is 11.4. The van der Waals surface area contributed by atoms with Gasteiger partial charge in [-0.15, -0.1) is 0 Å². The third-order valence-electron chi connectivity index (χ3n) is 5.90. The van der Waals surface area contributed by atoms with Gasteiger partial charge in [0.25, 0.3) is 5.91 Å². The minimum absolute atomic E-state index is 0.0909. The van der Waals surface area contributed by atoms with Crippen LogP contribution in [0.2, 0.25) is 0 Å². The molecule has 7 heteroatoms. The first kappa shape index (κ1) is 14.9. The van der Waals surface area contributed by atoms with Gasteiger partial charge in [0.2, 0.25) is 5.95 Å². The zero-order valence-electron chi connectivity index (χ0n) is 13.8. The van der Waals surface area contributed by atoms with Gasteiger partial charge in [0.05, 0.1) is 30.1 Å². The molecule has 3 aliphatic rings. The van der Waals surface area contributed by atoms with Gasteiger partial charge in [0, 0.05) is 37.3 Å². The summed E-state index contributed by atoms with van der Waals surface area (Å²) in [6.45, 7) is 2.35. The Balaban J connectivity index is 1.31. The molecule has 0 aliphatic carbocycles. The molecule has 130 valence electrons. The molecule has 0 aromatic carbocycles. The van der Waals surface area contributed by atoms with Gasteiger partial charge < -0.3 is 19.4 Å². The van der Waals surface area contributed by atoms with Gasteiger partial charge in [-0.2, -0.15) is 0 Å². The molecule has 25 heavy (non-hydrogen) atoms. The lowest BCUT2D eigenvalue weighted by Gasteiger charge is -2.29. The van der Waals surface area contributed by atoms with E-state index in [1.54, 1.807) is 18.5 Å². The van der Waals surface area contributed by atoms with Crippen LogP contribution in [-0.4, -0.2) is 47.2 Å². The summed E-state index contributed by atoms with van der Waals surface area (Å²) >= 11 is 0. The zero-order chi connectivity index (χ0) is 16.9. The third kappa shape index (κ3) is 2.33. The lowest BCUT2D eigenvalue weighted by Crippen LogP contribution is -2.41. The second kappa shape index (κ2) is 5.56. The van der Waals surface area contributed by atoms with Crippen LogP contribution >= 0.6 is 0 Å². The Morgan fingerprint density at radius 2 is 2.28 bits per heavy atom. The van der Waals surface area contributed by atoms with Crippen molar-refractivity contribution in [3.8, 4) is 0 Å². The topological polar surface area (TPSA) is 80.5 Å². The molecule has 1 amide bonds. The Kier molecular flexibility index (Phi) is 3.31. The van der Waals surface area contributed by atoms with Crippen LogP contribution in [0, 0.1) is 11.8 Å². The van der Waals surface area contributed by atoms with Gasteiger partial charge in [0.15, 0.2) is 0 Å². The summed E-state index contributed by atoms with van der Waals surface area (Å²) in [6, 6.07) is 3.51. The van der Waals surface area contributed by atoms with Crippen molar-refractivity contribution in [1.29, 1.82) is 0 Å². The first-order valence-electron chi connectivity index (χ1n) is 8.75. The summed E-state index contributed by atoms with van der Waals surface area (Å²) in [5.41, 5.74) is 0.457. The fourth-order valence-electron chi connectivity index (χ4n) is 4.78. The first-order valence-corrected chi connectivity index (χ1v) is 8.75. The molecule has 7 nitrogen and oxygen atoms in total. The highest BCUT2D eigenvalue weighted by Crippen LogP contribution is 2.54. The second-order valence-electron chi connectivity index (χ2n) is 7.18. The van der Waals surface area contributed by atoms with Crippen molar-refractivity contribution >= 4 is 11.9 Å². The maximum atomic E-state index is 12.2. The second-order valence-corrected chi connectivity index (χ2v) is 7.18. The number of anilines is 1. The minimum Gasteiger partial charge on any atom is -0.472 e. The molecule has 3 saturated heterocycles. The maximum absolute atomic E-state index is 12.2. The van der Waals surface area contributed by atoms with Gasteiger partial charge in [-0.05, 0) is 25.0 Å². The van der Waals surface area contributed by atoms with E-state index in [1.165, 1.54) is 12.5 Å². The molecule has 2 aromatic rings. The van der Waals surface area contributed by atoms with Crippen molar-refractivity contribution in [1.82, 2.24) is 15.3 Å². The van der Waals surface area contributed by atoms with Crippen molar-refractivity contribution in [2.24, 2.45) is 11.8 Å². The van der Waals surface area contributed by atoms with E-state index in [0.29, 0.717) is 23.9 Å². The van der Waals surface area contributed by atoms with E-state index in [9.17, 15) is 4.79 Å². The van der Waals surface area contributed by atoms with E-state index in [1.807, 2.05) is 6.07 Å². The van der Waals surface area contributed by atoms with E-state index in [0.717, 1.165) is 31.9 Å². The van der Waals surface area contributed by atoms with E-state index in [-0.39, 0.29) is 17.6 Å². The van der Waals surface area contributed by atoms with Crippen molar-refractivity contribution in [3.63, 3.8) is 0 Å². The normalized spacial score (nSPS) is 32.8. The molecule has 0 radical (unpaired) electrons. The SMILES string of the molecule is O=C(NC[C@H]1[C@H]2CN(c3ncccn3)C[C@]23CC[C@H]1O3)c1ccoc1. The summed E-state index contributed by atoms with van der Waals surface area (Å²) in [4.78, 5) is 23.2. The Bertz CT molecular complexity index is 766. The highest BCUT2D eigenvalue weighted by atomic mass is 16.5. The standard InChI is InChI=1S/C18H20N4O3/c23-16(12-3-7-24-10-12)21-8-13-14-9-22(17-19-5-1-6-20-17)11-18(14)4-2-15(13)25-18/h1,3,5-7,10,13-15H,2,4,8-9,11H2,(H,21,23)/t13-,14+,15+,18+/m0/s1. The number of amides is 1. The van der Waals surface area contributed by atoms with Crippen LogP contribution in [0.25, 0.3) is 0 Å². The molecule has 1 N–H and O–H groups in total. The maximum Gasteiger partial charge on any atom is 0.254 e. The largest absolute Gasteiger partial charge is 0.472 e. The molecule has 2 aromatic heterocycles. The van der Waals surface area contributed by atoms with Gasteiger partial charge in [-0.25, -0.2) is 9.97 Å². The molecule has 4 atom stereocenters. The summed E-state index contributed by atoms with van der Waals surface area (Å²) in [5.74, 6) is 1.41. The van der Waals surface area contributed by atoms with Crippen molar-refractivity contribution in [2.75, 3.05) is 24.5 Å². The third-order valence-corrected chi connectivity index (χ3v) is 5.90. The summed E-state index contributed by atoms with van der Waals surface area (Å²) in [5, 5.41) is 3.05. The Hall–Kier alpha value is -2.41. The number of carbonyl (C=O) groups excluding carboxylic acids is 1. The van der Waals surface area contributed by atoms with E-state index >= 15 is 0 Å². The van der Waals surface area contributed by atoms with Crippen LogP contribution < -0.4 is 10.2 Å². The highest BCUT2D eigenvalue weighted by Gasteiger charge is 2.63. The van der Waals surface area contributed by atoms with Crippen LogP contribution in [0.4, 0.5) is 5.95 Å². The predicted molar refractivity (Wildman–Crippen MR) is 89.1 cm³/mol. The number of rotatable bonds is 4. The van der Waals surface area contributed by atoms with Crippen LogP contribution in [0.15, 0.2) is 41.5 Å². The van der Waals surface area contributed by atoms with Gasteiger partial charge >= 0.3 is 0 Å². The van der Waals surface area contributed by atoms with Crippen LogP contribution in [-0.2, 0) is 4.74 Å². The smallest absolute Gasteiger partial charge is 0.254 e. The quantitative estimate of drug-likeness (QED) is 0.908. The number of fused-ring (bicyclic) bond motifs is 1. The fraction of sp³-hybridized carbons (Fsp3) is 0.500. The zero-order valence-corrected chi connectivity index (χ0v) is 13.8. The predicted octanol–water partition coefficient (Wildman–Crippen LogP) is 1.48. The molecule has 3 aliphatic heterocycles. The van der Waals surface area contributed by atoms with Crippen LogP contribution in [0.1, 0.15) is 23.2 Å². The van der Waals surface area contributed by atoms with E-state index in [2.05, 4.69) is 20.2 Å².